The lowest BCUT2D eigenvalue weighted by Crippen LogP contribution is -2.35. The van der Waals surface area contributed by atoms with Crippen molar-refractivity contribution in [3.05, 3.63) is 57.5 Å². The predicted molar refractivity (Wildman–Crippen MR) is 88.3 cm³/mol. The van der Waals surface area contributed by atoms with Gasteiger partial charge in [-0.15, -0.1) is 0 Å². The Morgan fingerprint density at radius 1 is 1.17 bits per heavy atom. The van der Waals surface area contributed by atoms with Gasteiger partial charge in [-0.05, 0) is 37.1 Å². The Morgan fingerprint density at radius 3 is 2.58 bits per heavy atom. The molecule has 8 nitrogen and oxygen atoms in total. The quantitative estimate of drug-likeness (QED) is 0.638. The van der Waals surface area contributed by atoms with E-state index in [-0.39, 0.29) is 23.7 Å². The first-order chi connectivity index (χ1) is 11.3. The molecule has 0 spiro atoms. The van der Waals surface area contributed by atoms with E-state index in [1.54, 1.807) is 19.1 Å². The summed E-state index contributed by atoms with van der Waals surface area (Å²) in [6.07, 6.45) is 0. The molecular weight excluding hydrogens is 332 g/mol. The second kappa shape index (κ2) is 7.37. The number of aromatic nitrogens is 2. The van der Waals surface area contributed by atoms with Gasteiger partial charge in [-0.2, -0.15) is 5.10 Å². The fraction of sp³-hybridized carbons (Fsp3) is 0.267. The van der Waals surface area contributed by atoms with Crippen LogP contribution in [0.2, 0.25) is 0 Å². The summed E-state index contributed by atoms with van der Waals surface area (Å²) in [5.41, 5.74) is 1.13. The summed E-state index contributed by atoms with van der Waals surface area (Å²) in [5, 5.41) is 8.25. The molecule has 0 aliphatic heterocycles. The van der Waals surface area contributed by atoms with Crippen LogP contribution in [0.15, 0.2) is 40.0 Å². The Bertz CT molecular complexity index is 885. The highest BCUT2D eigenvalue weighted by atomic mass is 32.2. The van der Waals surface area contributed by atoms with E-state index in [0.29, 0.717) is 5.56 Å². The molecular formula is C15H18N4O4S. The van der Waals surface area contributed by atoms with E-state index in [1.165, 1.54) is 12.1 Å². The van der Waals surface area contributed by atoms with E-state index in [2.05, 4.69) is 20.2 Å². The molecule has 0 saturated heterocycles. The summed E-state index contributed by atoms with van der Waals surface area (Å²) < 4.78 is 27.0. The molecule has 1 aromatic heterocycles. The number of carbonyl (C=O) groups excluding carboxylic acids is 1. The third-order valence-electron chi connectivity index (χ3n) is 3.25. The van der Waals surface area contributed by atoms with Crippen molar-refractivity contribution in [2.75, 3.05) is 13.1 Å². The number of hydrogen-bond acceptors (Lipinski definition) is 5. The smallest absolute Gasteiger partial charge is 0.271 e. The molecule has 1 aromatic carbocycles. The maximum absolute atomic E-state index is 12.3. The number of nitrogens with one attached hydrogen (secondary N) is 3. The second-order valence-corrected chi connectivity index (χ2v) is 6.96. The fourth-order valence-electron chi connectivity index (χ4n) is 2.00. The van der Waals surface area contributed by atoms with Crippen LogP contribution in [0.4, 0.5) is 0 Å². The normalized spacial score (nSPS) is 11.2. The largest absolute Gasteiger partial charge is 0.349 e. The van der Waals surface area contributed by atoms with E-state index < -0.39 is 21.5 Å². The molecule has 2 rings (SSSR count). The van der Waals surface area contributed by atoms with Crippen LogP contribution in [0.5, 0.6) is 0 Å². The number of carbonyl (C=O) groups is 1. The summed E-state index contributed by atoms with van der Waals surface area (Å²) >= 11 is 0. The SMILES string of the molecule is Cc1ccc(C)c(S(=O)(=O)NCCNC(=O)c2ccc(=O)[nH]n2)c1. The average molecular weight is 350 g/mol. The lowest BCUT2D eigenvalue weighted by molar-refractivity contribution is 0.0948. The van der Waals surface area contributed by atoms with Gasteiger partial charge in [0.2, 0.25) is 10.0 Å². The van der Waals surface area contributed by atoms with Crippen molar-refractivity contribution < 1.29 is 13.2 Å². The number of benzene rings is 1. The van der Waals surface area contributed by atoms with Gasteiger partial charge in [0.1, 0.15) is 5.69 Å². The van der Waals surface area contributed by atoms with Gasteiger partial charge in [-0.25, -0.2) is 18.2 Å². The highest BCUT2D eigenvalue weighted by molar-refractivity contribution is 7.89. The molecule has 128 valence electrons. The Labute approximate surface area is 139 Å². The van der Waals surface area contributed by atoms with Gasteiger partial charge in [0.25, 0.3) is 11.5 Å². The first kappa shape index (κ1) is 17.8. The Balaban J connectivity index is 1.91. The molecule has 1 heterocycles. The molecule has 1 amide bonds. The van der Waals surface area contributed by atoms with E-state index in [0.717, 1.165) is 5.56 Å². The van der Waals surface area contributed by atoms with E-state index in [4.69, 9.17) is 0 Å². The first-order valence-corrected chi connectivity index (χ1v) is 8.69. The average Bonchev–Trinajstić information content (AvgIpc) is 2.54. The number of H-pyrrole nitrogens is 1. The second-order valence-electron chi connectivity index (χ2n) is 5.23. The van der Waals surface area contributed by atoms with E-state index in [9.17, 15) is 18.0 Å². The van der Waals surface area contributed by atoms with Crippen LogP contribution in [0.1, 0.15) is 21.6 Å². The summed E-state index contributed by atoms with van der Waals surface area (Å²) in [5.74, 6) is -0.503. The monoisotopic (exact) mass is 350 g/mol. The minimum atomic E-state index is -3.65. The van der Waals surface area contributed by atoms with Crippen LogP contribution < -0.4 is 15.6 Å². The van der Waals surface area contributed by atoms with Crippen LogP contribution in [0.25, 0.3) is 0 Å². The van der Waals surface area contributed by atoms with Gasteiger partial charge in [-0.1, -0.05) is 12.1 Å². The van der Waals surface area contributed by atoms with Crippen molar-refractivity contribution in [3.63, 3.8) is 0 Å². The molecule has 0 saturated carbocycles. The van der Waals surface area contributed by atoms with E-state index >= 15 is 0 Å². The number of nitrogens with zero attached hydrogens (tertiary/aromatic N) is 1. The molecule has 9 heteroatoms. The van der Waals surface area contributed by atoms with Gasteiger partial charge in [0, 0.05) is 19.2 Å². The third-order valence-corrected chi connectivity index (χ3v) is 4.85. The van der Waals surface area contributed by atoms with Gasteiger partial charge in [0.15, 0.2) is 0 Å². The van der Waals surface area contributed by atoms with Gasteiger partial charge in [-0.3, -0.25) is 9.59 Å². The van der Waals surface area contributed by atoms with Crippen LogP contribution >= 0.6 is 0 Å². The molecule has 0 bridgehead atoms. The maximum atomic E-state index is 12.3. The van der Waals surface area contributed by atoms with Crippen LogP contribution in [-0.2, 0) is 10.0 Å². The lowest BCUT2D eigenvalue weighted by atomic mass is 10.2. The van der Waals surface area contributed by atoms with Crippen molar-refractivity contribution in [2.24, 2.45) is 0 Å². The minimum absolute atomic E-state index is 0.0325. The molecule has 0 radical (unpaired) electrons. The summed E-state index contributed by atoms with van der Waals surface area (Å²) in [4.78, 5) is 22.9. The topological polar surface area (TPSA) is 121 Å². The molecule has 0 aliphatic rings. The van der Waals surface area contributed by atoms with Crippen molar-refractivity contribution in [1.82, 2.24) is 20.2 Å². The first-order valence-electron chi connectivity index (χ1n) is 7.20. The molecule has 2 aromatic rings. The molecule has 3 N–H and O–H groups in total. The van der Waals surface area contributed by atoms with Gasteiger partial charge < -0.3 is 5.32 Å². The molecule has 0 aliphatic carbocycles. The van der Waals surface area contributed by atoms with Crippen molar-refractivity contribution in [2.45, 2.75) is 18.7 Å². The zero-order valence-electron chi connectivity index (χ0n) is 13.3. The minimum Gasteiger partial charge on any atom is -0.349 e. The zero-order chi connectivity index (χ0) is 17.7. The Hall–Kier alpha value is -2.52. The Kier molecular flexibility index (Phi) is 5.47. The number of hydrogen-bond donors (Lipinski definition) is 3. The summed E-state index contributed by atoms with van der Waals surface area (Å²) in [6, 6.07) is 7.65. The van der Waals surface area contributed by atoms with Crippen molar-refractivity contribution in [3.8, 4) is 0 Å². The number of sulfonamides is 1. The molecule has 0 atom stereocenters. The van der Waals surface area contributed by atoms with E-state index in [1.807, 2.05) is 13.0 Å². The molecule has 0 fully saturated rings. The number of amides is 1. The maximum Gasteiger partial charge on any atom is 0.271 e. The van der Waals surface area contributed by atoms with Gasteiger partial charge >= 0.3 is 0 Å². The Morgan fingerprint density at radius 2 is 1.92 bits per heavy atom. The predicted octanol–water partition coefficient (Wildman–Crippen LogP) is 0.0950. The van der Waals surface area contributed by atoms with Crippen LogP contribution in [0.3, 0.4) is 0 Å². The van der Waals surface area contributed by atoms with Crippen molar-refractivity contribution >= 4 is 15.9 Å². The number of aryl methyl sites for hydroxylation is 2. The number of rotatable bonds is 6. The van der Waals surface area contributed by atoms with Crippen LogP contribution in [0, 0.1) is 13.8 Å². The molecule has 24 heavy (non-hydrogen) atoms. The number of aromatic amines is 1. The molecule has 0 unspecified atom stereocenters. The summed E-state index contributed by atoms with van der Waals surface area (Å²) in [7, 11) is -3.65. The highest BCUT2D eigenvalue weighted by Gasteiger charge is 2.16. The fourth-order valence-corrected chi connectivity index (χ4v) is 3.36. The lowest BCUT2D eigenvalue weighted by Gasteiger charge is -2.10. The highest BCUT2D eigenvalue weighted by Crippen LogP contribution is 2.16. The summed E-state index contributed by atoms with van der Waals surface area (Å²) in [6.45, 7) is 3.65. The third kappa shape index (κ3) is 4.49. The van der Waals surface area contributed by atoms with Gasteiger partial charge in [0.05, 0.1) is 4.90 Å². The standard InChI is InChI=1S/C15H18N4O4S/c1-10-3-4-11(2)13(9-10)24(22,23)17-8-7-16-15(21)12-5-6-14(20)19-18-12/h3-6,9,17H,7-8H2,1-2H3,(H,16,21)(H,19,20). The van der Waals surface area contributed by atoms with Crippen LogP contribution in [-0.4, -0.2) is 37.6 Å². The van der Waals surface area contributed by atoms with Crippen molar-refractivity contribution in [1.29, 1.82) is 0 Å². The zero-order valence-corrected chi connectivity index (χ0v) is 14.1.